The second-order valence-electron chi connectivity index (χ2n) is 10.8. The summed E-state index contributed by atoms with van der Waals surface area (Å²) in [6, 6.07) is 29.7. The summed E-state index contributed by atoms with van der Waals surface area (Å²) in [5.41, 5.74) is 3.83. The number of anilines is 1. The Kier molecular flexibility index (Phi) is 11.4. The van der Waals surface area contributed by atoms with Gasteiger partial charge in [0.15, 0.2) is 0 Å². The highest BCUT2D eigenvalue weighted by Gasteiger charge is 2.34. The molecule has 0 aliphatic rings. The van der Waals surface area contributed by atoms with Crippen molar-refractivity contribution in [2.24, 2.45) is 0 Å². The summed E-state index contributed by atoms with van der Waals surface area (Å²) in [5, 5.41) is 2.97. The summed E-state index contributed by atoms with van der Waals surface area (Å²) in [6.45, 7) is 5.84. The Balaban J connectivity index is 1.81. The Morgan fingerprint density at radius 3 is 2.00 bits per heavy atom. The molecule has 1 N–H and O–H groups in total. The molecule has 4 aromatic carbocycles. The monoisotopic (exact) mass is 675 g/mol. The Bertz CT molecular complexity index is 1640. The zero-order valence-corrected chi connectivity index (χ0v) is 27.6. The normalized spacial score (nSPS) is 11.9. The number of carbonyl (C=O) groups is 2. The first kappa shape index (κ1) is 33.0. The van der Waals surface area contributed by atoms with Crippen LogP contribution in [0.1, 0.15) is 35.6 Å². The summed E-state index contributed by atoms with van der Waals surface area (Å²) >= 11 is 3.46. The molecule has 230 valence electrons. The fourth-order valence-electron chi connectivity index (χ4n) is 5.05. The summed E-state index contributed by atoms with van der Waals surface area (Å²) in [7, 11) is -4.13. The molecule has 4 aromatic rings. The van der Waals surface area contributed by atoms with Gasteiger partial charge in [-0.2, -0.15) is 0 Å². The van der Waals surface area contributed by atoms with Crippen molar-refractivity contribution < 1.29 is 18.0 Å². The lowest BCUT2D eigenvalue weighted by atomic mass is 10.0. The van der Waals surface area contributed by atoms with Crippen LogP contribution in [0.15, 0.2) is 112 Å². The SMILES string of the molecule is CCCNC(=O)[C@@H](Cc1ccccc1)N(Cc1ccc(Br)cc1)C(=O)CN(c1cc(C)cc(C)c1)S(=O)(=O)c1ccccc1. The average molecular weight is 677 g/mol. The molecule has 0 spiro atoms. The molecule has 0 aromatic heterocycles. The number of nitrogens with one attached hydrogen (secondary N) is 1. The van der Waals surface area contributed by atoms with Crippen LogP contribution in [-0.4, -0.2) is 44.3 Å². The van der Waals surface area contributed by atoms with E-state index < -0.39 is 28.5 Å². The standard InChI is InChI=1S/C35H38BrN3O4S/c1-4-19-37-35(41)33(23-28-11-7-5-8-12-28)38(24-29-15-17-30(36)18-16-29)34(40)25-39(31-21-26(2)20-27(3)22-31)44(42,43)32-13-9-6-10-14-32/h5-18,20-22,33H,4,19,23-25H2,1-3H3,(H,37,41)/t33-/m1/s1. The Morgan fingerprint density at radius 2 is 1.41 bits per heavy atom. The molecule has 9 heteroatoms. The fraction of sp³-hybridized carbons (Fsp3) is 0.257. The van der Waals surface area contributed by atoms with E-state index in [1.165, 1.54) is 17.0 Å². The largest absolute Gasteiger partial charge is 0.354 e. The lowest BCUT2D eigenvalue weighted by Gasteiger charge is -2.34. The van der Waals surface area contributed by atoms with Crippen LogP contribution in [0.2, 0.25) is 0 Å². The van der Waals surface area contributed by atoms with Crippen LogP contribution >= 0.6 is 15.9 Å². The average Bonchev–Trinajstić information content (AvgIpc) is 3.01. The number of nitrogens with zero attached hydrogens (tertiary/aromatic N) is 2. The maximum Gasteiger partial charge on any atom is 0.264 e. The summed E-state index contributed by atoms with van der Waals surface area (Å²) in [5.74, 6) is -0.774. The van der Waals surface area contributed by atoms with Crippen molar-refractivity contribution in [2.45, 2.75) is 51.1 Å². The smallest absolute Gasteiger partial charge is 0.264 e. The van der Waals surface area contributed by atoms with E-state index in [1.807, 2.05) is 81.4 Å². The molecule has 0 saturated carbocycles. The van der Waals surface area contributed by atoms with Gasteiger partial charge >= 0.3 is 0 Å². The first-order chi connectivity index (χ1) is 21.1. The molecule has 0 bridgehead atoms. The van der Waals surface area contributed by atoms with Crippen LogP contribution in [0.3, 0.4) is 0 Å². The minimum Gasteiger partial charge on any atom is -0.354 e. The van der Waals surface area contributed by atoms with Gasteiger partial charge in [-0.15, -0.1) is 0 Å². The number of halogens is 1. The Labute approximate surface area is 269 Å². The number of benzene rings is 4. The third-order valence-corrected chi connectivity index (χ3v) is 9.51. The topological polar surface area (TPSA) is 86.8 Å². The minimum absolute atomic E-state index is 0.0768. The van der Waals surface area contributed by atoms with Gasteiger partial charge in [-0.05, 0) is 78.9 Å². The molecule has 44 heavy (non-hydrogen) atoms. The van der Waals surface area contributed by atoms with Crippen LogP contribution in [0, 0.1) is 13.8 Å². The maximum atomic E-state index is 14.5. The van der Waals surface area contributed by atoms with E-state index in [2.05, 4.69) is 21.2 Å². The van der Waals surface area contributed by atoms with E-state index in [0.29, 0.717) is 12.2 Å². The van der Waals surface area contributed by atoms with Gasteiger partial charge in [-0.25, -0.2) is 8.42 Å². The van der Waals surface area contributed by atoms with E-state index in [-0.39, 0.29) is 23.8 Å². The van der Waals surface area contributed by atoms with E-state index in [4.69, 9.17) is 0 Å². The van der Waals surface area contributed by atoms with Crippen molar-refractivity contribution in [1.82, 2.24) is 10.2 Å². The highest BCUT2D eigenvalue weighted by molar-refractivity contribution is 9.10. The van der Waals surface area contributed by atoms with E-state index in [9.17, 15) is 18.0 Å². The second-order valence-corrected chi connectivity index (χ2v) is 13.6. The first-order valence-corrected chi connectivity index (χ1v) is 16.8. The third kappa shape index (κ3) is 8.57. The van der Waals surface area contributed by atoms with Gasteiger partial charge in [-0.3, -0.25) is 13.9 Å². The van der Waals surface area contributed by atoms with Crippen molar-refractivity contribution in [3.05, 3.63) is 130 Å². The quantitative estimate of drug-likeness (QED) is 0.177. The van der Waals surface area contributed by atoms with E-state index in [0.717, 1.165) is 37.5 Å². The number of rotatable bonds is 13. The second kappa shape index (κ2) is 15.2. The van der Waals surface area contributed by atoms with Crippen molar-refractivity contribution >= 4 is 43.5 Å². The highest BCUT2D eigenvalue weighted by atomic mass is 79.9. The zero-order valence-electron chi connectivity index (χ0n) is 25.2. The van der Waals surface area contributed by atoms with Crippen molar-refractivity contribution in [1.29, 1.82) is 0 Å². The van der Waals surface area contributed by atoms with Gasteiger partial charge in [-0.1, -0.05) is 89.6 Å². The molecule has 0 saturated heterocycles. The van der Waals surface area contributed by atoms with Crippen molar-refractivity contribution in [2.75, 3.05) is 17.4 Å². The molecule has 0 fully saturated rings. The molecular weight excluding hydrogens is 638 g/mol. The minimum atomic E-state index is -4.13. The molecule has 0 unspecified atom stereocenters. The molecule has 4 rings (SSSR count). The number of amides is 2. The Morgan fingerprint density at radius 1 is 0.818 bits per heavy atom. The Hall–Kier alpha value is -3.95. The maximum absolute atomic E-state index is 14.5. The molecule has 0 aliphatic carbocycles. The fourth-order valence-corrected chi connectivity index (χ4v) is 6.73. The predicted molar refractivity (Wildman–Crippen MR) is 179 cm³/mol. The number of aryl methyl sites for hydroxylation is 2. The molecule has 0 radical (unpaired) electrons. The van der Waals surface area contributed by atoms with Crippen LogP contribution in [0.4, 0.5) is 5.69 Å². The number of hydrogen-bond donors (Lipinski definition) is 1. The van der Waals surface area contributed by atoms with Crippen molar-refractivity contribution in [3.8, 4) is 0 Å². The van der Waals surface area contributed by atoms with Gasteiger partial charge in [0.25, 0.3) is 10.0 Å². The predicted octanol–water partition coefficient (Wildman–Crippen LogP) is 6.43. The molecule has 0 aliphatic heterocycles. The number of hydrogen-bond acceptors (Lipinski definition) is 4. The lowest BCUT2D eigenvalue weighted by molar-refractivity contribution is -0.140. The molecular formula is C35H38BrN3O4S. The number of carbonyl (C=O) groups excluding carboxylic acids is 2. The molecule has 1 atom stereocenters. The van der Waals surface area contributed by atoms with Gasteiger partial charge in [0.2, 0.25) is 11.8 Å². The summed E-state index contributed by atoms with van der Waals surface area (Å²) in [6.07, 6.45) is 1.01. The van der Waals surface area contributed by atoms with Crippen LogP contribution in [-0.2, 0) is 32.6 Å². The number of sulfonamides is 1. The van der Waals surface area contributed by atoms with Gasteiger partial charge < -0.3 is 10.2 Å². The van der Waals surface area contributed by atoms with Gasteiger partial charge in [0, 0.05) is 24.0 Å². The zero-order chi connectivity index (χ0) is 31.7. The van der Waals surface area contributed by atoms with Crippen LogP contribution in [0.5, 0.6) is 0 Å². The van der Waals surface area contributed by atoms with Crippen molar-refractivity contribution in [3.63, 3.8) is 0 Å². The van der Waals surface area contributed by atoms with Gasteiger partial charge in [0.05, 0.1) is 10.6 Å². The van der Waals surface area contributed by atoms with Gasteiger partial charge in [0.1, 0.15) is 12.6 Å². The van der Waals surface area contributed by atoms with E-state index >= 15 is 0 Å². The summed E-state index contributed by atoms with van der Waals surface area (Å²) < 4.78 is 30.3. The molecule has 0 heterocycles. The van der Waals surface area contributed by atoms with E-state index in [1.54, 1.807) is 30.3 Å². The van der Waals surface area contributed by atoms with Crippen LogP contribution in [0.25, 0.3) is 0 Å². The third-order valence-electron chi connectivity index (χ3n) is 7.19. The highest BCUT2D eigenvalue weighted by Crippen LogP contribution is 2.27. The molecule has 2 amide bonds. The molecule has 7 nitrogen and oxygen atoms in total. The van der Waals surface area contributed by atoms with Crippen LogP contribution < -0.4 is 9.62 Å². The summed E-state index contributed by atoms with van der Waals surface area (Å²) in [4.78, 5) is 29.8. The first-order valence-electron chi connectivity index (χ1n) is 14.6. The lowest BCUT2D eigenvalue weighted by Crippen LogP contribution is -2.53.